The molecule has 27 heavy (non-hydrogen) atoms. The normalized spacial score (nSPS) is 17.5. The molecule has 0 amide bonds. The minimum Gasteiger partial charge on any atom is -0.339 e. The van der Waals surface area contributed by atoms with E-state index in [4.69, 9.17) is 0 Å². The van der Waals surface area contributed by atoms with Gasteiger partial charge in [-0.1, -0.05) is 23.9 Å². The Labute approximate surface area is 161 Å². The van der Waals surface area contributed by atoms with Crippen LogP contribution in [-0.4, -0.2) is 39.3 Å². The summed E-state index contributed by atoms with van der Waals surface area (Å²) in [6, 6.07) is 12.1. The predicted octanol–water partition coefficient (Wildman–Crippen LogP) is 2.16. The Morgan fingerprint density at radius 2 is 1.74 bits per heavy atom. The van der Waals surface area contributed by atoms with Gasteiger partial charge in [-0.3, -0.25) is 0 Å². The molecule has 2 aromatic rings. The van der Waals surface area contributed by atoms with Gasteiger partial charge in [-0.15, -0.1) is 0 Å². The van der Waals surface area contributed by atoms with Crippen molar-refractivity contribution in [3.8, 4) is 0 Å². The summed E-state index contributed by atoms with van der Waals surface area (Å²) in [5.41, 5.74) is 1.11. The molecule has 1 fully saturated rings. The van der Waals surface area contributed by atoms with Gasteiger partial charge in [0.05, 0.1) is 23.5 Å². The molecule has 3 nitrogen and oxygen atoms in total. The summed E-state index contributed by atoms with van der Waals surface area (Å²) in [6.45, 7) is 6.46. The lowest BCUT2D eigenvalue weighted by Gasteiger charge is -2.33. The molecule has 0 spiro atoms. The van der Waals surface area contributed by atoms with E-state index in [-0.39, 0.29) is 0 Å². The van der Waals surface area contributed by atoms with Crippen LogP contribution in [0.4, 0.5) is 24.5 Å². The molecule has 144 valence electrons. The molecule has 7 heteroatoms. The van der Waals surface area contributed by atoms with Crippen molar-refractivity contribution in [1.29, 1.82) is 0 Å². The van der Waals surface area contributed by atoms with Gasteiger partial charge in [0.1, 0.15) is 26.2 Å². The molecule has 0 radical (unpaired) electrons. The third-order valence-corrected chi connectivity index (χ3v) is 6.40. The Morgan fingerprint density at radius 3 is 2.52 bits per heavy atom. The van der Waals surface area contributed by atoms with E-state index in [9.17, 15) is 13.2 Å². The molecular weight excluding hydrogens is 371 g/mol. The number of hydrogen-bond acceptors (Lipinski definition) is 2. The topological polar surface area (TPSA) is 24.3 Å². The first-order chi connectivity index (χ1) is 13.0. The highest BCUT2D eigenvalue weighted by atomic mass is 32.2. The zero-order chi connectivity index (χ0) is 18.9. The number of para-hydroxylation sites is 1. The van der Waals surface area contributed by atoms with Gasteiger partial charge in [0.25, 0.3) is 0 Å². The number of rotatable bonds is 4. The summed E-state index contributed by atoms with van der Waals surface area (Å²) >= 11 is 1.55. The fourth-order valence-electron chi connectivity index (χ4n) is 3.87. The number of nitrogens with one attached hydrogen (secondary N) is 1. The maximum absolute atomic E-state index is 13.2. The lowest BCUT2D eigenvalue weighted by atomic mass is 10.1. The second-order valence-corrected chi connectivity index (χ2v) is 8.21. The van der Waals surface area contributed by atoms with Crippen LogP contribution in [0.3, 0.4) is 0 Å². The van der Waals surface area contributed by atoms with Gasteiger partial charge in [0.15, 0.2) is 0 Å². The fourth-order valence-corrected chi connectivity index (χ4v) is 4.94. The quantitative estimate of drug-likeness (QED) is 0.829. The van der Waals surface area contributed by atoms with E-state index in [2.05, 4.69) is 10.2 Å². The second kappa shape index (κ2) is 7.73. The van der Waals surface area contributed by atoms with Gasteiger partial charge in [-0.05, 0) is 30.3 Å². The van der Waals surface area contributed by atoms with E-state index >= 15 is 0 Å². The molecule has 0 atom stereocenters. The van der Waals surface area contributed by atoms with Gasteiger partial charge in [-0.2, -0.15) is 13.2 Å². The van der Waals surface area contributed by atoms with Crippen molar-refractivity contribution in [1.82, 2.24) is 0 Å². The van der Waals surface area contributed by atoms with Crippen molar-refractivity contribution in [2.45, 2.75) is 22.4 Å². The lowest BCUT2D eigenvalue weighted by molar-refractivity contribution is -0.946. The third-order valence-electron chi connectivity index (χ3n) is 5.27. The largest absolute Gasteiger partial charge is 0.416 e. The molecule has 2 heterocycles. The number of alkyl halides is 3. The van der Waals surface area contributed by atoms with Crippen molar-refractivity contribution in [3.63, 3.8) is 0 Å². The van der Waals surface area contributed by atoms with E-state index in [1.807, 2.05) is 24.3 Å². The smallest absolute Gasteiger partial charge is 0.339 e. The van der Waals surface area contributed by atoms with Crippen molar-refractivity contribution in [3.05, 3.63) is 48.0 Å². The van der Waals surface area contributed by atoms with E-state index in [0.29, 0.717) is 5.69 Å². The predicted molar refractivity (Wildman–Crippen MR) is 101 cm³/mol. The fraction of sp³-hybridized carbons (Fsp3) is 0.400. The van der Waals surface area contributed by atoms with Crippen molar-refractivity contribution >= 4 is 23.1 Å². The Morgan fingerprint density at radius 1 is 1.00 bits per heavy atom. The molecule has 2 aliphatic rings. The highest BCUT2D eigenvalue weighted by Crippen LogP contribution is 2.49. The average Bonchev–Trinajstić information content (AvgIpc) is 2.67. The van der Waals surface area contributed by atoms with Crippen LogP contribution >= 0.6 is 11.8 Å². The van der Waals surface area contributed by atoms with Crippen molar-refractivity contribution < 1.29 is 23.4 Å². The molecule has 3 N–H and O–H groups in total. The van der Waals surface area contributed by atoms with E-state index < -0.39 is 11.7 Å². The van der Waals surface area contributed by atoms with Gasteiger partial charge in [0.2, 0.25) is 0 Å². The Bertz CT molecular complexity index is 803. The number of anilines is 2. The van der Waals surface area contributed by atoms with Crippen LogP contribution in [0.1, 0.15) is 12.0 Å². The molecular formula is C20H24F3N3S+2. The maximum atomic E-state index is 13.2. The Kier molecular flexibility index (Phi) is 5.34. The number of hydrogen-bond donors (Lipinski definition) is 2. The zero-order valence-electron chi connectivity index (χ0n) is 15.1. The van der Waals surface area contributed by atoms with Gasteiger partial charge in [-0.25, -0.2) is 0 Å². The highest BCUT2D eigenvalue weighted by molar-refractivity contribution is 7.99. The van der Waals surface area contributed by atoms with Crippen molar-refractivity contribution in [2.75, 3.05) is 44.2 Å². The highest BCUT2D eigenvalue weighted by Gasteiger charge is 2.33. The number of nitrogens with two attached hydrogens (primary N) is 1. The Balaban J connectivity index is 1.59. The van der Waals surface area contributed by atoms with Crippen LogP contribution in [0, 0.1) is 0 Å². The van der Waals surface area contributed by atoms with Crippen LogP contribution < -0.4 is 15.1 Å². The number of piperazine rings is 1. The summed E-state index contributed by atoms with van der Waals surface area (Å²) in [7, 11) is 0. The average molecular weight is 395 g/mol. The number of nitrogens with zero attached hydrogens (tertiary/aromatic N) is 1. The van der Waals surface area contributed by atoms with Crippen LogP contribution in [0.2, 0.25) is 0 Å². The minimum absolute atomic E-state index is 0.580. The molecule has 0 aromatic heterocycles. The summed E-state index contributed by atoms with van der Waals surface area (Å²) in [5.74, 6) is 0. The van der Waals surface area contributed by atoms with E-state index in [1.165, 1.54) is 25.2 Å². The number of fused-ring (bicyclic) bond motifs is 2. The number of quaternary nitrogens is 2. The number of benzene rings is 2. The molecule has 4 rings (SSSR count). The molecule has 0 unspecified atom stereocenters. The molecule has 0 bridgehead atoms. The van der Waals surface area contributed by atoms with Gasteiger partial charge >= 0.3 is 6.18 Å². The zero-order valence-corrected chi connectivity index (χ0v) is 15.9. The van der Waals surface area contributed by atoms with E-state index in [1.54, 1.807) is 22.7 Å². The molecule has 2 aromatic carbocycles. The van der Waals surface area contributed by atoms with Gasteiger partial charge < -0.3 is 15.1 Å². The summed E-state index contributed by atoms with van der Waals surface area (Å²) in [4.78, 5) is 5.67. The van der Waals surface area contributed by atoms with Crippen LogP contribution in [0.5, 0.6) is 0 Å². The third kappa shape index (κ3) is 4.10. The minimum atomic E-state index is -4.32. The first-order valence-electron chi connectivity index (χ1n) is 9.43. The SMILES string of the molecule is FC(F)(F)c1ccc2c(c1)N(CCC[NH+]1CC[NH2+]CC1)c1ccccc1S2. The van der Waals surface area contributed by atoms with Crippen LogP contribution in [0.15, 0.2) is 52.3 Å². The van der Waals surface area contributed by atoms with Crippen LogP contribution in [-0.2, 0) is 6.18 Å². The van der Waals surface area contributed by atoms with Crippen LogP contribution in [0.25, 0.3) is 0 Å². The number of halogens is 3. The summed E-state index contributed by atoms with van der Waals surface area (Å²) in [5, 5.41) is 2.34. The molecule has 2 aliphatic heterocycles. The lowest BCUT2D eigenvalue weighted by Crippen LogP contribution is -3.20. The Hall–Kier alpha value is -1.70. The second-order valence-electron chi connectivity index (χ2n) is 7.12. The molecule has 0 saturated carbocycles. The first kappa shape index (κ1) is 18.7. The van der Waals surface area contributed by atoms with E-state index in [0.717, 1.165) is 48.1 Å². The standard InChI is InChI=1S/C20H22F3N3S/c21-20(22,23)15-6-7-19-17(14-15)26(16-4-1-2-5-18(16)27-19)11-3-10-25-12-8-24-9-13-25/h1-2,4-7,14,24H,3,8-13H2/p+2. The summed E-state index contributed by atoms with van der Waals surface area (Å²) < 4.78 is 39.7. The van der Waals surface area contributed by atoms with Gasteiger partial charge in [0, 0.05) is 22.8 Å². The monoisotopic (exact) mass is 395 g/mol. The summed E-state index contributed by atoms with van der Waals surface area (Å²) in [6.07, 6.45) is -3.36. The van der Waals surface area contributed by atoms with Crippen molar-refractivity contribution in [2.24, 2.45) is 0 Å². The molecule has 0 aliphatic carbocycles. The maximum Gasteiger partial charge on any atom is 0.416 e. The first-order valence-corrected chi connectivity index (χ1v) is 10.2. The molecule has 1 saturated heterocycles.